The first-order chi connectivity index (χ1) is 13.1. The smallest absolute Gasteiger partial charge is 0.305 e. The molecule has 28 heavy (non-hydrogen) atoms. The Labute approximate surface area is 170 Å². The third kappa shape index (κ3) is 4.42. The summed E-state index contributed by atoms with van der Waals surface area (Å²) in [7, 11) is -2.51. The first kappa shape index (κ1) is 22.0. The van der Waals surface area contributed by atoms with Crippen molar-refractivity contribution < 1.29 is 23.1 Å². The second kappa shape index (κ2) is 8.84. The Kier molecular flexibility index (Phi) is 6.96. The molecule has 0 saturated carbocycles. The van der Waals surface area contributed by atoms with Crippen molar-refractivity contribution in [1.29, 1.82) is 0 Å². The first-order valence-electron chi connectivity index (χ1n) is 8.80. The molecule has 2 rings (SSSR count). The van der Waals surface area contributed by atoms with Gasteiger partial charge in [-0.3, -0.25) is 9.10 Å². The third-order valence-electron chi connectivity index (χ3n) is 4.45. The number of ether oxygens (including phenoxy) is 1. The number of aliphatic carboxylic acids is 1. The molecule has 0 bridgehead atoms. The SMILES string of the molecule is CCc1c(N(CCC(=O)O)S(=O)(=O)c2ccc(C)cc2)cc(C)c(Cl)c1OC. The molecule has 2 aromatic rings. The van der Waals surface area contributed by atoms with Crippen LogP contribution in [0, 0.1) is 13.8 Å². The molecule has 0 radical (unpaired) electrons. The molecule has 0 atom stereocenters. The zero-order chi connectivity index (χ0) is 21.1. The lowest BCUT2D eigenvalue weighted by molar-refractivity contribution is -0.136. The predicted molar refractivity (Wildman–Crippen MR) is 110 cm³/mol. The first-order valence-corrected chi connectivity index (χ1v) is 10.6. The Morgan fingerprint density at radius 3 is 2.32 bits per heavy atom. The number of carboxylic acid groups (broad SMARTS) is 1. The van der Waals surface area contributed by atoms with Crippen molar-refractivity contribution in [3.63, 3.8) is 0 Å². The van der Waals surface area contributed by atoms with Gasteiger partial charge in [0.15, 0.2) is 0 Å². The summed E-state index contributed by atoms with van der Waals surface area (Å²) in [4.78, 5) is 11.3. The van der Waals surface area contributed by atoms with Gasteiger partial charge in [0.2, 0.25) is 0 Å². The monoisotopic (exact) mass is 425 g/mol. The van der Waals surface area contributed by atoms with Crippen LogP contribution >= 0.6 is 11.6 Å². The van der Waals surface area contributed by atoms with E-state index in [0.29, 0.717) is 34.0 Å². The molecule has 2 aromatic carbocycles. The van der Waals surface area contributed by atoms with Crippen LogP contribution in [-0.4, -0.2) is 33.1 Å². The fourth-order valence-electron chi connectivity index (χ4n) is 2.97. The van der Waals surface area contributed by atoms with Gasteiger partial charge in [-0.2, -0.15) is 0 Å². The van der Waals surface area contributed by atoms with Crippen molar-refractivity contribution in [3.05, 3.63) is 52.0 Å². The highest BCUT2D eigenvalue weighted by Crippen LogP contribution is 2.40. The minimum Gasteiger partial charge on any atom is -0.495 e. The molecule has 8 heteroatoms. The molecule has 0 heterocycles. The number of anilines is 1. The van der Waals surface area contributed by atoms with Gasteiger partial charge in [0.05, 0.1) is 29.1 Å². The Morgan fingerprint density at radius 1 is 1.21 bits per heavy atom. The van der Waals surface area contributed by atoms with E-state index in [1.165, 1.54) is 19.2 Å². The van der Waals surface area contributed by atoms with E-state index >= 15 is 0 Å². The van der Waals surface area contributed by atoms with Gasteiger partial charge in [0.1, 0.15) is 5.75 Å². The highest BCUT2D eigenvalue weighted by Gasteiger charge is 2.29. The lowest BCUT2D eigenvalue weighted by atomic mass is 10.1. The van der Waals surface area contributed by atoms with Crippen molar-refractivity contribution in [2.24, 2.45) is 0 Å². The summed E-state index contributed by atoms with van der Waals surface area (Å²) < 4.78 is 33.3. The van der Waals surface area contributed by atoms with Crippen molar-refractivity contribution in [2.45, 2.75) is 38.5 Å². The number of carbonyl (C=O) groups is 1. The molecule has 0 unspecified atom stereocenters. The number of benzene rings is 2. The Morgan fingerprint density at radius 2 is 1.82 bits per heavy atom. The summed E-state index contributed by atoms with van der Waals surface area (Å²) in [5, 5.41) is 9.55. The second-order valence-electron chi connectivity index (χ2n) is 6.43. The van der Waals surface area contributed by atoms with E-state index < -0.39 is 16.0 Å². The van der Waals surface area contributed by atoms with E-state index in [2.05, 4.69) is 0 Å². The van der Waals surface area contributed by atoms with E-state index in [-0.39, 0.29) is 17.9 Å². The fraction of sp³-hybridized carbons (Fsp3) is 0.350. The van der Waals surface area contributed by atoms with Gasteiger partial charge in [-0.05, 0) is 44.0 Å². The van der Waals surface area contributed by atoms with Crippen molar-refractivity contribution in [2.75, 3.05) is 18.0 Å². The highest BCUT2D eigenvalue weighted by atomic mass is 35.5. The van der Waals surface area contributed by atoms with Crippen LogP contribution in [0.25, 0.3) is 0 Å². The normalized spacial score (nSPS) is 11.3. The van der Waals surface area contributed by atoms with Crippen LogP contribution in [0.5, 0.6) is 5.75 Å². The number of hydrogen-bond acceptors (Lipinski definition) is 4. The summed E-state index contributed by atoms with van der Waals surface area (Å²) in [5.74, 6) is -0.682. The van der Waals surface area contributed by atoms with Crippen LogP contribution in [0.4, 0.5) is 5.69 Å². The van der Waals surface area contributed by atoms with Crippen LogP contribution in [0.15, 0.2) is 35.2 Å². The number of hydrogen-bond donors (Lipinski definition) is 1. The number of rotatable bonds is 8. The lowest BCUT2D eigenvalue weighted by Gasteiger charge is -2.28. The van der Waals surface area contributed by atoms with Gasteiger partial charge in [-0.15, -0.1) is 0 Å². The zero-order valence-electron chi connectivity index (χ0n) is 16.3. The van der Waals surface area contributed by atoms with Gasteiger partial charge in [-0.25, -0.2) is 8.42 Å². The number of carboxylic acids is 1. The standard InChI is InChI=1S/C20H24ClNO5S/c1-5-16-17(12-14(3)19(21)20(16)27-4)22(11-10-18(23)24)28(25,26)15-8-6-13(2)7-9-15/h6-9,12H,5,10-11H2,1-4H3,(H,23,24). The van der Waals surface area contributed by atoms with E-state index in [9.17, 15) is 13.2 Å². The number of nitrogens with zero attached hydrogens (tertiary/aromatic N) is 1. The molecule has 6 nitrogen and oxygen atoms in total. The number of sulfonamides is 1. The molecule has 0 aliphatic carbocycles. The quantitative estimate of drug-likeness (QED) is 0.685. The maximum Gasteiger partial charge on any atom is 0.305 e. The van der Waals surface area contributed by atoms with Crippen LogP contribution in [0.1, 0.15) is 30.0 Å². The van der Waals surface area contributed by atoms with Gasteiger partial charge in [-0.1, -0.05) is 36.2 Å². The predicted octanol–water partition coefficient (Wildman–Crippen LogP) is 4.20. The largest absolute Gasteiger partial charge is 0.495 e. The van der Waals surface area contributed by atoms with Crippen molar-refractivity contribution in [3.8, 4) is 5.75 Å². The lowest BCUT2D eigenvalue weighted by Crippen LogP contribution is -2.34. The molecule has 152 valence electrons. The van der Waals surface area contributed by atoms with Gasteiger partial charge < -0.3 is 9.84 Å². The van der Waals surface area contributed by atoms with E-state index in [1.807, 2.05) is 13.8 Å². The molecule has 0 amide bonds. The van der Waals surface area contributed by atoms with Crippen LogP contribution in [0.2, 0.25) is 5.02 Å². The average Bonchev–Trinajstić information content (AvgIpc) is 2.64. The molecular formula is C20H24ClNO5S. The molecule has 0 aliphatic heterocycles. The molecule has 0 fully saturated rings. The number of aryl methyl sites for hydroxylation is 2. The molecule has 0 aromatic heterocycles. The van der Waals surface area contributed by atoms with E-state index in [0.717, 1.165) is 9.87 Å². The van der Waals surface area contributed by atoms with Crippen LogP contribution < -0.4 is 9.04 Å². The van der Waals surface area contributed by atoms with Gasteiger partial charge in [0, 0.05) is 12.1 Å². The molecule has 0 aliphatic rings. The Balaban J connectivity index is 2.72. The summed E-state index contributed by atoms with van der Waals surface area (Å²) >= 11 is 6.34. The maximum atomic E-state index is 13.4. The van der Waals surface area contributed by atoms with E-state index in [4.69, 9.17) is 21.4 Å². The average molecular weight is 426 g/mol. The van der Waals surface area contributed by atoms with Crippen LogP contribution in [0.3, 0.4) is 0 Å². The summed E-state index contributed by atoms with van der Waals surface area (Å²) in [6, 6.07) is 8.11. The van der Waals surface area contributed by atoms with Crippen LogP contribution in [-0.2, 0) is 21.2 Å². The topological polar surface area (TPSA) is 83.9 Å². The summed E-state index contributed by atoms with van der Waals surface area (Å²) in [6.45, 7) is 5.27. The van der Waals surface area contributed by atoms with E-state index in [1.54, 1.807) is 25.1 Å². The second-order valence-corrected chi connectivity index (χ2v) is 8.67. The maximum absolute atomic E-state index is 13.4. The number of methoxy groups -OCH3 is 1. The summed E-state index contributed by atoms with van der Waals surface area (Å²) in [5.41, 5.74) is 2.56. The Bertz CT molecular complexity index is 971. The molecule has 1 N–H and O–H groups in total. The third-order valence-corrected chi connectivity index (χ3v) is 6.74. The van der Waals surface area contributed by atoms with Gasteiger partial charge >= 0.3 is 5.97 Å². The highest BCUT2D eigenvalue weighted by molar-refractivity contribution is 7.92. The molecule has 0 saturated heterocycles. The molecular weight excluding hydrogens is 402 g/mol. The minimum absolute atomic E-state index is 0.0945. The zero-order valence-corrected chi connectivity index (χ0v) is 17.9. The fourth-order valence-corrected chi connectivity index (χ4v) is 4.70. The van der Waals surface area contributed by atoms with Crippen molar-refractivity contribution >= 4 is 33.3 Å². The van der Waals surface area contributed by atoms with Gasteiger partial charge in [0.25, 0.3) is 10.0 Å². The summed E-state index contributed by atoms with van der Waals surface area (Å²) in [6.07, 6.45) is 0.129. The minimum atomic E-state index is -3.98. The van der Waals surface area contributed by atoms with Crippen molar-refractivity contribution in [1.82, 2.24) is 0 Å². The Hall–Kier alpha value is -2.25. The molecule has 0 spiro atoms. The number of halogens is 1.